The second kappa shape index (κ2) is 13.2. The molecule has 10 heteroatoms. The Morgan fingerprint density at radius 2 is 1.68 bits per heavy atom. The number of aliphatic imine (C=N–C) groups is 1. The van der Waals surface area contributed by atoms with Gasteiger partial charge in [-0.05, 0) is 58.7 Å². The Bertz CT molecular complexity index is 817. The number of ether oxygens (including phenoxy) is 3. The van der Waals surface area contributed by atoms with Crippen LogP contribution < -0.4 is 9.47 Å². The Kier molecular flexibility index (Phi) is 11.4. The second-order valence-electron chi connectivity index (χ2n) is 6.83. The predicted molar refractivity (Wildman–Crippen MR) is 117 cm³/mol. The fourth-order valence-electron chi connectivity index (χ4n) is 2.34. The van der Waals surface area contributed by atoms with Gasteiger partial charge in [0.1, 0.15) is 0 Å². The van der Waals surface area contributed by atoms with Crippen LogP contribution in [-0.4, -0.2) is 51.4 Å². The van der Waals surface area contributed by atoms with Gasteiger partial charge in [-0.25, -0.2) is 14.4 Å². The molecule has 0 spiro atoms. The van der Waals surface area contributed by atoms with Gasteiger partial charge >= 0.3 is 13.8 Å². The van der Waals surface area contributed by atoms with Crippen molar-refractivity contribution in [1.82, 2.24) is 0 Å². The van der Waals surface area contributed by atoms with Gasteiger partial charge in [-0.3, -0.25) is 9.05 Å². The fraction of sp³-hybridized carbons (Fsp3) is 0.571. The van der Waals surface area contributed by atoms with E-state index in [1.54, 1.807) is 54.9 Å². The molecule has 31 heavy (non-hydrogen) atoms. The summed E-state index contributed by atoms with van der Waals surface area (Å²) >= 11 is 0. The fourth-order valence-corrected chi connectivity index (χ4v) is 3.85. The first-order valence-corrected chi connectivity index (χ1v) is 11.4. The first-order valence-electron chi connectivity index (χ1n) is 9.98. The van der Waals surface area contributed by atoms with E-state index in [-0.39, 0.29) is 13.2 Å². The smallest absolute Gasteiger partial charge is 0.493 e. The normalized spacial score (nSPS) is 11.1. The minimum Gasteiger partial charge on any atom is -0.493 e. The van der Waals surface area contributed by atoms with E-state index >= 15 is 0 Å². The number of carbonyl (C=O) groups excluding carboxylic acids is 1. The number of methoxy groups -OCH3 is 2. The van der Waals surface area contributed by atoms with Crippen LogP contribution in [0.15, 0.2) is 29.0 Å². The summed E-state index contributed by atoms with van der Waals surface area (Å²) in [5, 5.41) is 0. The third-order valence-corrected chi connectivity index (χ3v) is 5.25. The number of hydrogen-bond acceptors (Lipinski definition) is 9. The minimum atomic E-state index is -4.08. The Morgan fingerprint density at radius 3 is 2.19 bits per heavy atom. The van der Waals surface area contributed by atoms with E-state index in [1.165, 1.54) is 0 Å². The van der Waals surface area contributed by atoms with Gasteiger partial charge < -0.3 is 18.7 Å². The summed E-state index contributed by atoms with van der Waals surface area (Å²) in [6.45, 7) is 8.70. The maximum atomic E-state index is 12.9. The minimum absolute atomic E-state index is 0.0966. The molecule has 0 heterocycles. The first-order chi connectivity index (χ1) is 14.6. The second-order valence-corrected chi connectivity index (χ2v) is 8.33. The molecule has 1 rings (SSSR count). The van der Waals surface area contributed by atoms with Crippen LogP contribution in [0.4, 0.5) is 0 Å². The Labute approximate surface area is 184 Å². The van der Waals surface area contributed by atoms with Crippen molar-refractivity contribution in [2.75, 3.05) is 27.4 Å². The van der Waals surface area contributed by atoms with Crippen LogP contribution in [0.1, 0.15) is 40.2 Å². The zero-order valence-corrected chi connectivity index (χ0v) is 20.1. The molecule has 0 aromatic heterocycles. The molecule has 0 aliphatic carbocycles. The summed E-state index contributed by atoms with van der Waals surface area (Å²) in [6.07, 6.45) is -0.392. The lowest BCUT2D eigenvalue weighted by Gasteiger charge is -2.21. The van der Waals surface area contributed by atoms with E-state index in [1.807, 2.05) is 12.1 Å². The third kappa shape index (κ3) is 9.57. The number of rotatable bonds is 13. The number of esters is 1. The average molecular weight is 457 g/mol. The van der Waals surface area contributed by atoms with E-state index in [9.17, 15) is 9.36 Å². The van der Waals surface area contributed by atoms with Crippen molar-refractivity contribution in [2.45, 2.75) is 53.2 Å². The standard InChI is InChI=1S/C21H32NO8P/c1-8-27-21(23)20(30-31(24,28-15(2)3)29-16(4)5)14-22-12-11-17-9-10-18(25-6)19(13-17)26-7/h9-10,13,15-16H,8,11-12H2,1-7H3. The van der Waals surface area contributed by atoms with Crippen molar-refractivity contribution in [2.24, 2.45) is 4.99 Å². The summed E-state index contributed by atoms with van der Waals surface area (Å²) < 4.78 is 44.3. The number of carbonyl (C=O) groups is 1. The van der Waals surface area contributed by atoms with Crippen molar-refractivity contribution in [3.63, 3.8) is 0 Å². The summed E-state index contributed by atoms with van der Waals surface area (Å²) in [4.78, 5) is 16.3. The van der Waals surface area contributed by atoms with Crippen LogP contribution in [0, 0.1) is 0 Å². The third-order valence-electron chi connectivity index (χ3n) is 3.48. The van der Waals surface area contributed by atoms with Gasteiger partial charge in [0.25, 0.3) is 5.76 Å². The molecule has 1 aromatic carbocycles. The molecule has 0 amide bonds. The number of benzene rings is 1. The topological polar surface area (TPSA) is 102 Å². The molecule has 0 aliphatic rings. The van der Waals surface area contributed by atoms with Crippen LogP contribution in [0.3, 0.4) is 0 Å². The highest BCUT2D eigenvalue weighted by Crippen LogP contribution is 2.53. The molecule has 0 N–H and O–H groups in total. The predicted octanol–water partition coefficient (Wildman–Crippen LogP) is 4.34. The molecule has 0 aliphatic heterocycles. The Hall–Kier alpha value is -2.31. The zero-order valence-electron chi connectivity index (χ0n) is 19.2. The molecule has 0 saturated carbocycles. The lowest BCUT2D eigenvalue weighted by molar-refractivity contribution is -0.141. The maximum absolute atomic E-state index is 12.9. The number of phosphoric ester groups is 1. The van der Waals surface area contributed by atoms with Crippen molar-refractivity contribution >= 4 is 19.7 Å². The molecule has 174 valence electrons. The first kappa shape index (κ1) is 26.7. The monoisotopic (exact) mass is 457 g/mol. The molecule has 0 atom stereocenters. The van der Waals surface area contributed by atoms with Crippen molar-refractivity contribution in [1.29, 1.82) is 0 Å². The molecule has 0 radical (unpaired) electrons. The van der Waals surface area contributed by atoms with Crippen molar-refractivity contribution < 1.29 is 37.1 Å². The molecule has 0 fully saturated rings. The molecular weight excluding hydrogens is 425 g/mol. The Balaban J connectivity index is 3.04. The lowest BCUT2D eigenvalue weighted by atomic mass is 10.1. The molecule has 0 saturated heterocycles. The van der Waals surface area contributed by atoms with E-state index in [0.717, 1.165) is 5.56 Å². The highest BCUT2D eigenvalue weighted by Gasteiger charge is 2.35. The van der Waals surface area contributed by atoms with Gasteiger partial charge in [-0.2, -0.15) is 0 Å². The highest BCUT2D eigenvalue weighted by atomic mass is 31.2. The summed E-state index contributed by atoms with van der Waals surface area (Å²) in [6, 6.07) is 5.51. The highest BCUT2D eigenvalue weighted by molar-refractivity contribution is 7.48. The van der Waals surface area contributed by atoms with Crippen LogP contribution in [0.5, 0.6) is 11.5 Å². The molecule has 0 bridgehead atoms. The quantitative estimate of drug-likeness (QED) is 0.142. The van der Waals surface area contributed by atoms with Crippen molar-refractivity contribution in [3.8, 4) is 11.5 Å². The van der Waals surface area contributed by atoms with Gasteiger partial charge in [0.05, 0.1) is 39.6 Å². The summed E-state index contributed by atoms with van der Waals surface area (Å²) in [5.74, 6) is 2.38. The molecule has 0 unspecified atom stereocenters. The van der Waals surface area contributed by atoms with Gasteiger partial charge in [0, 0.05) is 5.87 Å². The van der Waals surface area contributed by atoms with Gasteiger partial charge in [0.15, 0.2) is 11.5 Å². The average Bonchev–Trinajstić information content (AvgIpc) is 2.68. The van der Waals surface area contributed by atoms with Gasteiger partial charge in [0.2, 0.25) is 0 Å². The number of hydrogen-bond donors (Lipinski definition) is 0. The molecule has 1 aromatic rings. The van der Waals surface area contributed by atoms with Crippen LogP contribution in [0.25, 0.3) is 0 Å². The molecular formula is C21H32NO8P. The van der Waals surface area contributed by atoms with E-state index in [2.05, 4.69) is 10.9 Å². The van der Waals surface area contributed by atoms with Crippen LogP contribution in [-0.2, 0) is 34.1 Å². The molecule has 9 nitrogen and oxygen atoms in total. The van der Waals surface area contributed by atoms with Crippen LogP contribution in [0.2, 0.25) is 0 Å². The van der Waals surface area contributed by atoms with E-state index < -0.39 is 31.8 Å². The maximum Gasteiger partial charge on any atom is 0.531 e. The lowest BCUT2D eigenvalue weighted by Crippen LogP contribution is -2.15. The SMILES string of the molecule is CCOC(=O)C(=C=NCCc1ccc(OC)c(OC)c1)OP(=O)(OC(C)C)OC(C)C. The Morgan fingerprint density at radius 1 is 1.06 bits per heavy atom. The van der Waals surface area contributed by atoms with Gasteiger partial charge in [-0.15, -0.1) is 0 Å². The van der Waals surface area contributed by atoms with E-state index in [0.29, 0.717) is 17.9 Å². The van der Waals surface area contributed by atoms with Crippen LogP contribution >= 0.6 is 7.82 Å². The van der Waals surface area contributed by atoms with E-state index in [4.69, 9.17) is 27.8 Å². The van der Waals surface area contributed by atoms with Crippen molar-refractivity contribution in [3.05, 3.63) is 29.5 Å². The largest absolute Gasteiger partial charge is 0.531 e. The number of phosphoric acid groups is 1. The zero-order chi connectivity index (χ0) is 23.4. The summed E-state index contributed by atoms with van der Waals surface area (Å²) in [5.41, 5.74) is 0.943. The number of nitrogens with zero attached hydrogens (tertiary/aromatic N) is 1. The van der Waals surface area contributed by atoms with Gasteiger partial charge in [-0.1, -0.05) is 6.07 Å². The summed E-state index contributed by atoms with van der Waals surface area (Å²) in [7, 11) is -0.961.